The van der Waals surface area contributed by atoms with Crippen LogP contribution in [-0.4, -0.2) is 18.0 Å². The number of halogens is 3. The normalized spacial score (nSPS) is 11.4. The minimum atomic E-state index is -0.0779. The molecule has 6 heteroatoms. The van der Waals surface area contributed by atoms with Crippen LogP contribution in [0.25, 0.3) is 0 Å². The number of benzene rings is 1. The van der Waals surface area contributed by atoms with Gasteiger partial charge in [0.2, 0.25) is 5.91 Å². The summed E-state index contributed by atoms with van der Waals surface area (Å²) in [6, 6.07) is 3.77. The van der Waals surface area contributed by atoms with Crippen molar-refractivity contribution >= 4 is 59.4 Å². The minimum Gasteiger partial charge on any atom is -0.323 e. The largest absolute Gasteiger partial charge is 0.323 e. The predicted molar refractivity (Wildman–Crippen MR) is 85.9 cm³/mol. The van der Waals surface area contributed by atoms with Gasteiger partial charge in [-0.2, -0.15) is 0 Å². The second kappa shape index (κ2) is 6.50. The third kappa shape index (κ3) is 5.38. The maximum absolute atomic E-state index is 11.8. The molecule has 0 spiro atoms. The van der Waals surface area contributed by atoms with Crippen molar-refractivity contribution in [3.8, 4) is 0 Å². The Bertz CT molecular complexity index is 432. The summed E-state index contributed by atoms with van der Waals surface area (Å²) in [7, 11) is 0. The lowest BCUT2D eigenvalue weighted by atomic mass is 10.1. The van der Waals surface area contributed by atoms with Crippen LogP contribution in [0, 0.1) is 0 Å². The number of rotatable bonds is 3. The molecule has 0 saturated heterocycles. The molecule has 0 unspecified atom stereocenters. The van der Waals surface area contributed by atoms with Gasteiger partial charge in [0, 0.05) is 19.0 Å². The van der Waals surface area contributed by atoms with Gasteiger partial charge in [-0.3, -0.25) is 4.79 Å². The number of amides is 1. The fourth-order valence-electron chi connectivity index (χ4n) is 1.19. The fraction of sp³-hybridized carbons (Fsp3) is 0.417. The van der Waals surface area contributed by atoms with E-state index in [0.717, 1.165) is 19.1 Å². The third-order valence-corrected chi connectivity index (χ3v) is 3.76. The van der Waals surface area contributed by atoms with Crippen LogP contribution in [0.5, 0.6) is 0 Å². The van der Waals surface area contributed by atoms with Gasteiger partial charge in [-0.25, -0.2) is 0 Å². The van der Waals surface area contributed by atoms with Crippen molar-refractivity contribution in [2.75, 3.05) is 11.9 Å². The van der Waals surface area contributed by atoms with Gasteiger partial charge in [0.1, 0.15) is 0 Å². The van der Waals surface area contributed by atoms with Gasteiger partial charge in [0.15, 0.2) is 0 Å². The number of carbonyl (C=O) groups is 1. The molecule has 0 saturated carbocycles. The molecule has 2 N–H and O–H groups in total. The van der Waals surface area contributed by atoms with Gasteiger partial charge >= 0.3 is 0 Å². The minimum absolute atomic E-state index is 0.0753. The third-order valence-electron chi connectivity index (χ3n) is 2.05. The van der Waals surface area contributed by atoms with Crippen molar-refractivity contribution in [1.29, 1.82) is 0 Å². The average molecular weight is 443 g/mol. The zero-order valence-electron chi connectivity index (χ0n) is 10.4. The van der Waals surface area contributed by atoms with E-state index in [1.54, 1.807) is 0 Å². The smallest absolute Gasteiger partial charge is 0.238 e. The summed E-state index contributed by atoms with van der Waals surface area (Å²) in [6.07, 6.45) is 0. The molecule has 1 aromatic carbocycles. The number of nitrogens with one attached hydrogen (secondary N) is 2. The zero-order chi connectivity index (χ0) is 13.9. The van der Waals surface area contributed by atoms with Gasteiger partial charge in [0.05, 0.1) is 12.2 Å². The van der Waals surface area contributed by atoms with Crippen molar-refractivity contribution < 1.29 is 4.79 Å². The lowest BCUT2D eigenvalue weighted by molar-refractivity contribution is -0.115. The second-order valence-electron chi connectivity index (χ2n) is 4.90. The summed E-state index contributed by atoms with van der Waals surface area (Å²) in [6.45, 7) is 6.33. The molecule has 0 heterocycles. The molecule has 1 rings (SSSR count). The van der Waals surface area contributed by atoms with E-state index in [-0.39, 0.29) is 18.0 Å². The van der Waals surface area contributed by atoms with Crippen molar-refractivity contribution in [3.05, 3.63) is 25.6 Å². The van der Waals surface area contributed by atoms with Gasteiger partial charge < -0.3 is 10.6 Å². The van der Waals surface area contributed by atoms with Crippen LogP contribution in [0.4, 0.5) is 5.69 Å². The average Bonchev–Trinajstić information content (AvgIpc) is 2.19. The highest BCUT2D eigenvalue weighted by Gasteiger charge is 2.14. The Kier molecular flexibility index (Phi) is 5.83. The van der Waals surface area contributed by atoms with Crippen LogP contribution in [0.1, 0.15) is 20.8 Å². The quantitative estimate of drug-likeness (QED) is 0.732. The van der Waals surface area contributed by atoms with E-state index in [9.17, 15) is 4.79 Å². The Morgan fingerprint density at radius 3 is 2.11 bits per heavy atom. The van der Waals surface area contributed by atoms with E-state index in [4.69, 9.17) is 0 Å². The zero-order valence-corrected chi connectivity index (χ0v) is 15.2. The predicted octanol–water partition coefficient (Wildman–Crippen LogP) is 4.30. The highest BCUT2D eigenvalue weighted by molar-refractivity contribution is 9.11. The number of hydrogen-bond acceptors (Lipinski definition) is 2. The number of anilines is 1. The van der Waals surface area contributed by atoms with Gasteiger partial charge in [-0.1, -0.05) is 15.9 Å². The van der Waals surface area contributed by atoms with E-state index in [1.807, 2.05) is 32.9 Å². The first-order valence-corrected chi connectivity index (χ1v) is 7.76. The fourth-order valence-corrected chi connectivity index (χ4v) is 3.65. The first kappa shape index (κ1) is 16.1. The highest BCUT2D eigenvalue weighted by atomic mass is 79.9. The second-order valence-corrected chi connectivity index (χ2v) is 7.52. The van der Waals surface area contributed by atoms with Crippen molar-refractivity contribution in [1.82, 2.24) is 5.32 Å². The van der Waals surface area contributed by atoms with Gasteiger partial charge in [-0.15, -0.1) is 0 Å². The van der Waals surface area contributed by atoms with Crippen LogP contribution in [0.2, 0.25) is 0 Å². The molecule has 0 aliphatic heterocycles. The highest BCUT2D eigenvalue weighted by Crippen LogP contribution is 2.34. The van der Waals surface area contributed by atoms with Crippen LogP contribution >= 0.6 is 47.8 Å². The Labute approximate surface area is 132 Å². The SMILES string of the molecule is CC(C)(C)NCC(=O)Nc1c(Br)cc(Br)cc1Br. The van der Waals surface area contributed by atoms with E-state index in [1.165, 1.54) is 0 Å². The van der Waals surface area contributed by atoms with Gasteiger partial charge in [-0.05, 0) is 64.8 Å². The molecule has 0 atom stereocenters. The lowest BCUT2D eigenvalue weighted by Crippen LogP contribution is -2.41. The molecule has 0 radical (unpaired) electrons. The summed E-state index contributed by atoms with van der Waals surface area (Å²) in [5, 5.41) is 6.00. The van der Waals surface area contributed by atoms with Gasteiger partial charge in [0.25, 0.3) is 0 Å². The van der Waals surface area contributed by atoms with E-state index < -0.39 is 0 Å². The molecule has 1 amide bonds. The molecule has 0 bridgehead atoms. The number of carbonyl (C=O) groups excluding carboxylic acids is 1. The molecular formula is C12H15Br3N2O. The van der Waals surface area contributed by atoms with Crippen LogP contribution in [-0.2, 0) is 4.79 Å². The summed E-state index contributed by atoms with van der Waals surface area (Å²) in [4.78, 5) is 11.8. The van der Waals surface area contributed by atoms with E-state index in [0.29, 0.717) is 0 Å². The molecule has 0 aliphatic carbocycles. The molecule has 0 fully saturated rings. The lowest BCUT2D eigenvalue weighted by Gasteiger charge is -2.20. The van der Waals surface area contributed by atoms with Crippen molar-refractivity contribution in [2.45, 2.75) is 26.3 Å². The molecule has 0 aromatic heterocycles. The van der Waals surface area contributed by atoms with E-state index >= 15 is 0 Å². The Morgan fingerprint density at radius 2 is 1.67 bits per heavy atom. The molecule has 0 aliphatic rings. The maximum atomic E-state index is 11.8. The summed E-state index contributed by atoms with van der Waals surface area (Å²) < 4.78 is 2.59. The first-order valence-electron chi connectivity index (χ1n) is 5.38. The van der Waals surface area contributed by atoms with Crippen molar-refractivity contribution in [2.24, 2.45) is 0 Å². The molecule has 100 valence electrons. The van der Waals surface area contributed by atoms with Crippen molar-refractivity contribution in [3.63, 3.8) is 0 Å². The summed E-state index contributed by atoms with van der Waals surface area (Å²) in [5.41, 5.74) is 0.657. The standard InChI is InChI=1S/C12H15Br3N2O/c1-12(2,3)16-6-10(18)17-11-8(14)4-7(13)5-9(11)15/h4-5,16H,6H2,1-3H3,(H,17,18). The monoisotopic (exact) mass is 440 g/mol. The van der Waals surface area contributed by atoms with Crippen LogP contribution < -0.4 is 10.6 Å². The Morgan fingerprint density at radius 1 is 1.17 bits per heavy atom. The van der Waals surface area contributed by atoms with Crippen LogP contribution in [0.15, 0.2) is 25.6 Å². The Hall–Kier alpha value is 0.0900. The number of hydrogen-bond donors (Lipinski definition) is 2. The molecule has 3 nitrogen and oxygen atoms in total. The van der Waals surface area contributed by atoms with Crippen LogP contribution in [0.3, 0.4) is 0 Å². The first-order chi connectivity index (χ1) is 8.19. The summed E-state index contributed by atoms with van der Waals surface area (Å²) in [5.74, 6) is -0.0753. The maximum Gasteiger partial charge on any atom is 0.238 e. The topological polar surface area (TPSA) is 41.1 Å². The van der Waals surface area contributed by atoms with E-state index in [2.05, 4.69) is 58.4 Å². The molecule has 1 aromatic rings. The summed E-state index contributed by atoms with van der Waals surface area (Å²) >= 11 is 10.2. The Balaban J connectivity index is 2.71. The molecule has 18 heavy (non-hydrogen) atoms. The molecular weight excluding hydrogens is 428 g/mol.